The standard InChI is InChI=1S/C23H24F3N3O5/c1-2-14-18(28-20(30)17(21(31)32)19(14)34-22(33)23(24,25)26)11-3-6-13(7-4-11)29-9-12-5-8-16(27)15(12)10-29/h3-4,6-7,12,15-16H,2,5,8-10,27H2,1H3,(H,28,30)(H,31,32)/t12-,15+,16-/m1/s1. The first-order valence-corrected chi connectivity index (χ1v) is 10.9. The molecule has 1 saturated heterocycles. The Labute approximate surface area is 192 Å². The summed E-state index contributed by atoms with van der Waals surface area (Å²) >= 11 is 0. The summed E-state index contributed by atoms with van der Waals surface area (Å²) in [5, 5.41) is 9.38. The molecular weight excluding hydrogens is 455 g/mol. The van der Waals surface area contributed by atoms with Crippen molar-refractivity contribution >= 4 is 17.6 Å². The number of H-pyrrole nitrogens is 1. The second kappa shape index (κ2) is 8.79. The minimum absolute atomic E-state index is 0.00197. The number of benzene rings is 1. The van der Waals surface area contributed by atoms with Gasteiger partial charge >= 0.3 is 18.1 Å². The number of carboxylic acids is 1. The third-order valence-corrected chi connectivity index (χ3v) is 6.70. The van der Waals surface area contributed by atoms with Crippen LogP contribution >= 0.6 is 0 Å². The summed E-state index contributed by atoms with van der Waals surface area (Å²) in [5.74, 6) is -4.32. The van der Waals surface area contributed by atoms with Crippen LogP contribution in [0.15, 0.2) is 29.1 Å². The molecule has 1 aromatic heterocycles. The first-order chi connectivity index (χ1) is 16.0. The highest BCUT2D eigenvalue weighted by Crippen LogP contribution is 2.40. The first kappa shape index (κ1) is 23.8. The number of halogens is 3. The molecule has 1 aliphatic heterocycles. The van der Waals surface area contributed by atoms with Crippen molar-refractivity contribution in [3.63, 3.8) is 0 Å². The Morgan fingerprint density at radius 2 is 1.88 bits per heavy atom. The van der Waals surface area contributed by atoms with Crippen molar-refractivity contribution in [2.45, 2.75) is 38.4 Å². The van der Waals surface area contributed by atoms with E-state index in [1.807, 2.05) is 12.1 Å². The number of carboxylic acid groups (broad SMARTS) is 1. The normalized spacial score (nSPS) is 22.0. The molecule has 11 heteroatoms. The molecule has 0 radical (unpaired) electrons. The number of rotatable bonds is 5. The second-order valence-electron chi connectivity index (χ2n) is 8.67. The number of ether oxygens (including phenoxy) is 1. The molecule has 2 fully saturated rings. The van der Waals surface area contributed by atoms with Crippen molar-refractivity contribution in [3.8, 4) is 17.0 Å². The first-order valence-electron chi connectivity index (χ1n) is 10.9. The summed E-state index contributed by atoms with van der Waals surface area (Å²) in [4.78, 5) is 40.2. The van der Waals surface area contributed by atoms with Crippen LogP contribution in [0.2, 0.25) is 0 Å². The molecule has 0 spiro atoms. The lowest BCUT2D eigenvalue weighted by molar-refractivity contribution is -0.189. The van der Waals surface area contributed by atoms with Gasteiger partial charge in [0.1, 0.15) is 0 Å². The Balaban J connectivity index is 1.71. The highest BCUT2D eigenvalue weighted by Gasteiger charge is 2.43. The summed E-state index contributed by atoms with van der Waals surface area (Å²) in [6.45, 7) is 3.28. The highest BCUT2D eigenvalue weighted by molar-refractivity contribution is 5.94. The number of pyridine rings is 1. The number of nitrogens with zero attached hydrogens (tertiary/aromatic N) is 1. The maximum atomic E-state index is 12.8. The number of carbonyl (C=O) groups is 2. The maximum Gasteiger partial charge on any atom is 0.491 e. The number of esters is 1. The average molecular weight is 479 g/mol. The lowest BCUT2D eigenvalue weighted by Gasteiger charge is -2.21. The van der Waals surface area contributed by atoms with E-state index in [2.05, 4.69) is 14.6 Å². The van der Waals surface area contributed by atoms with Crippen LogP contribution in [0.3, 0.4) is 0 Å². The zero-order chi connectivity index (χ0) is 24.8. The number of hydrogen-bond acceptors (Lipinski definition) is 6. The Bertz CT molecular complexity index is 1180. The van der Waals surface area contributed by atoms with Crippen LogP contribution in [0, 0.1) is 11.8 Å². The number of nitrogens with one attached hydrogen (secondary N) is 1. The SMILES string of the molecule is CCc1c(-c2ccc(N3C[C@H]4CC[C@@H](N)[C@H]4C3)cc2)[nH]c(=O)c(C(=O)O)c1OC(=O)C(F)(F)F. The van der Waals surface area contributed by atoms with Crippen molar-refractivity contribution in [1.29, 1.82) is 0 Å². The van der Waals surface area contributed by atoms with Gasteiger partial charge in [-0.05, 0) is 48.8 Å². The predicted molar refractivity (Wildman–Crippen MR) is 117 cm³/mol. The zero-order valence-electron chi connectivity index (χ0n) is 18.3. The number of aromatic nitrogens is 1. The minimum Gasteiger partial charge on any atom is -0.477 e. The van der Waals surface area contributed by atoms with Crippen molar-refractivity contribution in [3.05, 3.63) is 45.7 Å². The van der Waals surface area contributed by atoms with Crippen LogP contribution in [0.25, 0.3) is 11.3 Å². The summed E-state index contributed by atoms with van der Waals surface area (Å²) in [7, 11) is 0. The van der Waals surface area contributed by atoms with Gasteiger partial charge in [-0.15, -0.1) is 0 Å². The molecule has 0 amide bonds. The monoisotopic (exact) mass is 479 g/mol. The van der Waals surface area contributed by atoms with E-state index in [9.17, 15) is 32.7 Å². The van der Waals surface area contributed by atoms with Crippen LogP contribution < -0.4 is 20.9 Å². The Kier molecular flexibility index (Phi) is 6.15. The summed E-state index contributed by atoms with van der Waals surface area (Å²) in [6.07, 6.45) is -3.23. The molecule has 2 heterocycles. The van der Waals surface area contributed by atoms with Crippen LogP contribution in [0.5, 0.6) is 5.75 Å². The number of carbonyl (C=O) groups excluding carboxylic acids is 1. The largest absolute Gasteiger partial charge is 0.491 e. The number of aromatic amines is 1. The molecule has 2 aromatic rings. The Morgan fingerprint density at radius 1 is 1.21 bits per heavy atom. The Hall–Kier alpha value is -3.34. The van der Waals surface area contributed by atoms with E-state index in [0.717, 1.165) is 31.6 Å². The molecule has 34 heavy (non-hydrogen) atoms. The van der Waals surface area contributed by atoms with E-state index in [1.54, 1.807) is 19.1 Å². The van der Waals surface area contributed by atoms with Gasteiger partial charge in [0.25, 0.3) is 5.56 Å². The van der Waals surface area contributed by atoms with Crippen molar-refractivity contribution in [1.82, 2.24) is 4.98 Å². The molecule has 1 aliphatic carbocycles. The summed E-state index contributed by atoms with van der Waals surface area (Å²) < 4.78 is 42.8. The van der Waals surface area contributed by atoms with E-state index in [1.165, 1.54) is 0 Å². The smallest absolute Gasteiger partial charge is 0.477 e. The predicted octanol–water partition coefficient (Wildman–Crippen LogP) is 2.94. The van der Waals surface area contributed by atoms with Gasteiger partial charge in [0.15, 0.2) is 11.3 Å². The molecule has 2 aliphatic rings. The molecule has 0 unspecified atom stereocenters. The zero-order valence-corrected chi connectivity index (χ0v) is 18.3. The lowest BCUT2D eigenvalue weighted by atomic mass is 9.98. The van der Waals surface area contributed by atoms with Crippen LogP contribution in [-0.4, -0.2) is 47.3 Å². The van der Waals surface area contributed by atoms with E-state index in [4.69, 9.17) is 5.73 Å². The third kappa shape index (κ3) is 4.27. The number of fused-ring (bicyclic) bond motifs is 1. The molecule has 1 aromatic carbocycles. The minimum atomic E-state index is -5.36. The molecule has 4 rings (SSSR count). The van der Waals surface area contributed by atoms with Gasteiger partial charge in [-0.2, -0.15) is 13.2 Å². The van der Waals surface area contributed by atoms with Gasteiger partial charge in [-0.25, -0.2) is 9.59 Å². The molecule has 1 saturated carbocycles. The number of hydrogen-bond donors (Lipinski definition) is 3. The van der Waals surface area contributed by atoms with E-state index >= 15 is 0 Å². The van der Waals surface area contributed by atoms with Crippen molar-refractivity contribution in [2.75, 3.05) is 18.0 Å². The maximum absolute atomic E-state index is 12.8. The number of alkyl halides is 3. The number of anilines is 1. The van der Waals surface area contributed by atoms with Crippen LogP contribution in [-0.2, 0) is 11.2 Å². The fourth-order valence-corrected chi connectivity index (χ4v) is 5.02. The highest BCUT2D eigenvalue weighted by atomic mass is 19.4. The van der Waals surface area contributed by atoms with Crippen molar-refractivity contribution in [2.24, 2.45) is 17.6 Å². The molecule has 3 atom stereocenters. The van der Waals surface area contributed by atoms with Crippen LogP contribution in [0.1, 0.15) is 35.7 Å². The van der Waals surface area contributed by atoms with Gasteiger partial charge in [-0.3, -0.25) is 4.79 Å². The fourth-order valence-electron chi connectivity index (χ4n) is 5.02. The average Bonchev–Trinajstić information content (AvgIpc) is 3.34. The number of aromatic carboxylic acids is 1. The molecule has 4 N–H and O–H groups in total. The molecule has 8 nitrogen and oxygen atoms in total. The fraction of sp³-hybridized carbons (Fsp3) is 0.435. The number of nitrogens with two attached hydrogens (primary N) is 1. The van der Waals surface area contributed by atoms with Gasteiger partial charge in [0, 0.05) is 30.4 Å². The van der Waals surface area contributed by atoms with Gasteiger partial charge in [-0.1, -0.05) is 19.1 Å². The van der Waals surface area contributed by atoms with Crippen molar-refractivity contribution < 1.29 is 32.6 Å². The lowest BCUT2D eigenvalue weighted by Crippen LogP contribution is -2.31. The van der Waals surface area contributed by atoms with Gasteiger partial charge in [0.2, 0.25) is 0 Å². The van der Waals surface area contributed by atoms with Crippen LogP contribution in [0.4, 0.5) is 18.9 Å². The quantitative estimate of drug-likeness (QED) is 0.563. The van der Waals surface area contributed by atoms with E-state index in [-0.39, 0.29) is 23.7 Å². The summed E-state index contributed by atoms with van der Waals surface area (Å²) in [5.41, 5.74) is 5.42. The molecular formula is C23H24F3N3O5. The molecule has 0 bridgehead atoms. The van der Waals surface area contributed by atoms with Gasteiger partial charge in [0.05, 0.1) is 5.69 Å². The van der Waals surface area contributed by atoms with Gasteiger partial charge < -0.3 is 25.5 Å². The second-order valence-corrected chi connectivity index (χ2v) is 8.67. The summed E-state index contributed by atoms with van der Waals surface area (Å²) in [6, 6.07) is 7.21. The molecule has 182 valence electrons. The third-order valence-electron chi connectivity index (χ3n) is 6.70. The van der Waals surface area contributed by atoms with E-state index in [0.29, 0.717) is 17.4 Å². The Morgan fingerprint density at radius 3 is 2.44 bits per heavy atom. The topological polar surface area (TPSA) is 126 Å². The van der Waals surface area contributed by atoms with E-state index < -0.39 is 35.0 Å².